The SMILES string of the molecule is CN(C)C(C(=O)Nc1ccc(C#N)cc1)c1cccnc1. The molecule has 0 saturated heterocycles. The summed E-state index contributed by atoms with van der Waals surface area (Å²) in [7, 11) is 3.69. The fourth-order valence-electron chi connectivity index (χ4n) is 2.06. The molecule has 5 heteroatoms. The van der Waals surface area contributed by atoms with E-state index in [1.165, 1.54) is 0 Å². The number of carbonyl (C=O) groups excluding carboxylic acids is 1. The molecule has 106 valence electrons. The Morgan fingerprint density at radius 1 is 1.29 bits per heavy atom. The minimum atomic E-state index is -0.422. The van der Waals surface area contributed by atoms with Gasteiger partial charge in [-0.05, 0) is 50.0 Å². The van der Waals surface area contributed by atoms with Gasteiger partial charge in [0, 0.05) is 18.1 Å². The minimum Gasteiger partial charge on any atom is -0.324 e. The average molecular weight is 280 g/mol. The van der Waals surface area contributed by atoms with Gasteiger partial charge in [-0.2, -0.15) is 5.26 Å². The summed E-state index contributed by atoms with van der Waals surface area (Å²) in [5, 5.41) is 11.6. The van der Waals surface area contributed by atoms with Crippen LogP contribution in [-0.4, -0.2) is 29.9 Å². The summed E-state index contributed by atoms with van der Waals surface area (Å²) in [5.74, 6) is -0.141. The van der Waals surface area contributed by atoms with Crippen molar-refractivity contribution >= 4 is 11.6 Å². The zero-order valence-corrected chi connectivity index (χ0v) is 11.9. The van der Waals surface area contributed by atoms with Crippen molar-refractivity contribution in [1.29, 1.82) is 5.26 Å². The Kier molecular flexibility index (Phi) is 4.64. The van der Waals surface area contributed by atoms with Crippen LogP contribution in [0, 0.1) is 11.3 Å². The second-order valence-electron chi connectivity index (χ2n) is 4.83. The van der Waals surface area contributed by atoms with Crippen LogP contribution < -0.4 is 5.32 Å². The van der Waals surface area contributed by atoms with E-state index in [1.54, 1.807) is 42.7 Å². The van der Waals surface area contributed by atoms with Crippen LogP contribution in [0.25, 0.3) is 0 Å². The Labute approximate surface area is 123 Å². The topological polar surface area (TPSA) is 69.0 Å². The summed E-state index contributed by atoms with van der Waals surface area (Å²) in [6.07, 6.45) is 3.36. The molecule has 1 N–H and O–H groups in total. The van der Waals surface area contributed by atoms with E-state index in [1.807, 2.05) is 31.1 Å². The fourth-order valence-corrected chi connectivity index (χ4v) is 2.06. The van der Waals surface area contributed by atoms with Crippen molar-refractivity contribution < 1.29 is 4.79 Å². The van der Waals surface area contributed by atoms with Crippen LogP contribution in [0.5, 0.6) is 0 Å². The van der Waals surface area contributed by atoms with Gasteiger partial charge in [0.2, 0.25) is 5.91 Å². The standard InChI is InChI=1S/C16H16N4O/c1-20(2)15(13-4-3-9-18-11-13)16(21)19-14-7-5-12(10-17)6-8-14/h3-9,11,15H,1-2H3,(H,19,21). The third-order valence-corrected chi connectivity index (χ3v) is 3.05. The third-order valence-electron chi connectivity index (χ3n) is 3.05. The largest absolute Gasteiger partial charge is 0.324 e. The fraction of sp³-hybridized carbons (Fsp3) is 0.188. The summed E-state index contributed by atoms with van der Waals surface area (Å²) >= 11 is 0. The van der Waals surface area contributed by atoms with Crippen LogP contribution in [0.4, 0.5) is 5.69 Å². The van der Waals surface area contributed by atoms with Gasteiger partial charge in [0.1, 0.15) is 6.04 Å². The van der Waals surface area contributed by atoms with Crippen LogP contribution in [-0.2, 0) is 4.79 Å². The maximum Gasteiger partial charge on any atom is 0.246 e. The second kappa shape index (κ2) is 6.64. The Balaban J connectivity index is 2.18. The molecule has 1 unspecified atom stereocenters. The van der Waals surface area contributed by atoms with E-state index in [0.717, 1.165) is 5.56 Å². The monoisotopic (exact) mass is 280 g/mol. The molecule has 2 rings (SSSR count). The average Bonchev–Trinajstić information content (AvgIpc) is 2.49. The lowest BCUT2D eigenvalue weighted by atomic mass is 10.1. The zero-order chi connectivity index (χ0) is 15.2. The molecule has 0 spiro atoms. The lowest BCUT2D eigenvalue weighted by Crippen LogP contribution is -2.32. The highest BCUT2D eigenvalue weighted by Gasteiger charge is 2.23. The van der Waals surface area contributed by atoms with Gasteiger partial charge in [0.05, 0.1) is 11.6 Å². The smallest absolute Gasteiger partial charge is 0.246 e. The Hall–Kier alpha value is -2.71. The van der Waals surface area contributed by atoms with Crippen LogP contribution in [0.15, 0.2) is 48.8 Å². The summed E-state index contributed by atoms with van der Waals surface area (Å²) in [5.41, 5.74) is 2.05. The molecule has 0 saturated carbocycles. The van der Waals surface area contributed by atoms with Crippen molar-refractivity contribution in [3.63, 3.8) is 0 Å². The van der Waals surface area contributed by atoms with Gasteiger partial charge in [0.15, 0.2) is 0 Å². The van der Waals surface area contributed by atoms with Gasteiger partial charge in [-0.25, -0.2) is 0 Å². The number of amides is 1. The summed E-state index contributed by atoms with van der Waals surface area (Å²) in [6, 6.07) is 12.1. The molecular formula is C16H16N4O. The number of nitrogens with one attached hydrogen (secondary N) is 1. The molecule has 0 radical (unpaired) electrons. The molecular weight excluding hydrogens is 264 g/mol. The van der Waals surface area contributed by atoms with Crippen LogP contribution in [0.2, 0.25) is 0 Å². The highest BCUT2D eigenvalue weighted by atomic mass is 16.2. The molecule has 0 aliphatic heterocycles. The number of aromatic nitrogens is 1. The van der Waals surface area contributed by atoms with E-state index in [-0.39, 0.29) is 5.91 Å². The number of rotatable bonds is 4. The number of hydrogen-bond acceptors (Lipinski definition) is 4. The molecule has 5 nitrogen and oxygen atoms in total. The number of pyridine rings is 1. The van der Waals surface area contributed by atoms with Crippen molar-refractivity contribution in [2.24, 2.45) is 0 Å². The first kappa shape index (κ1) is 14.7. The maximum atomic E-state index is 12.5. The van der Waals surface area contributed by atoms with Crippen LogP contribution >= 0.6 is 0 Å². The van der Waals surface area contributed by atoms with E-state index >= 15 is 0 Å². The number of anilines is 1. The quantitative estimate of drug-likeness (QED) is 0.932. The number of likely N-dealkylation sites (N-methyl/N-ethyl adjacent to an activating group) is 1. The lowest BCUT2D eigenvalue weighted by Gasteiger charge is -2.23. The third kappa shape index (κ3) is 3.65. The van der Waals surface area contributed by atoms with E-state index < -0.39 is 6.04 Å². The highest BCUT2D eigenvalue weighted by molar-refractivity contribution is 5.95. The van der Waals surface area contributed by atoms with Gasteiger partial charge in [0.25, 0.3) is 0 Å². The van der Waals surface area contributed by atoms with Gasteiger partial charge in [-0.1, -0.05) is 6.07 Å². The van der Waals surface area contributed by atoms with Crippen molar-refractivity contribution in [2.75, 3.05) is 19.4 Å². The normalized spacial score (nSPS) is 11.7. The van der Waals surface area contributed by atoms with Gasteiger partial charge < -0.3 is 5.32 Å². The van der Waals surface area contributed by atoms with E-state index in [9.17, 15) is 4.79 Å². The Morgan fingerprint density at radius 3 is 2.52 bits per heavy atom. The van der Waals surface area contributed by atoms with E-state index in [4.69, 9.17) is 5.26 Å². The predicted molar refractivity (Wildman–Crippen MR) is 80.5 cm³/mol. The first-order valence-corrected chi connectivity index (χ1v) is 6.49. The number of nitriles is 1. The van der Waals surface area contributed by atoms with Crippen molar-refractivity contribution in [3.8, 4) is 6.07 Å². The molecule has 1 aromatic carbocycles. The molecule has 0 fully saturated rings. The maximum absolute atomic E-state index is 12.5. The predicted octanol–water partition coefficient (Wildman–Crippen LogP) is 2.19. The number of nitrogens with zero attached hydrogens (tertiary/aromatic N) is 3. The second-order valence-corrected chi connectivity index (χ2v) is 4.83. The Bertz CT molecular complexity index is 644. The van der Waals surface area contributed by atoms with Gasteiger partial charge in [-0.3, -0.25) is 14.7 Å². The summed E-state index contributed by atoms with van der Waals surface area (Å²) in [6.45, 7) is 0. The summed E-state index contributed by atoms with van der Waals surface area (Å²) in [4.78, 5) is 18.4. The van der Waals surface area contributed by atoms with Gasteiger partial charge >= 0.3 is 0 Å². The molecule has 0 aliphatic carbocycles. The molecule has 1 aromatic heterocycles. The van der Waals surface area contributed by atoms with Crippen molar-refractivity contribution in [3.05, 3.63) is 59.9 Å². The number of hydrogen-bond donors (Lipinski definition) is 1. The molecule has 0 aliphatic rings. The van der Waals surface area contributed by atoms with Crippen molar-refractivity contribution in [1.82, 2.24) is 9.88 Å². The molecule has 2 aromatic rings. The first-order chi connectivity index (χ1) is 10.1. The molecule has 1 amide bonds. The molecule has 0 bridgehead atoms. The number of carbonyl (C=O) groups is 1. The number of benzene rings is 1. The van der Waals surface area contributed by atoms with Crippen LogP contribution in [0.3, 0.4) is 0 Å². The van der Waals surface area contributed by atoms with Crippen molar-refractivity contribution in [2.45, 2.75) is 6.04 Å². The first-order valence-electron chi connectivity index (χ1n) is 6.49. The zero-order valence-electron chi connectivity index (χ0n) is 11.9. The van der Waals surface area contributed by atoms with E-state index in [2.05, 4.69) is 10.3 Å². The molecule has 1 heterocycles. The Morgan fingerprint density at radius 2 is 2.00 bits per heavy atom. The van der Waals surface area contributed by atoms with Gasteiger partial charge in [-0.15, -0.1) is 0 Å². The van der Waals surface area contributed by atoms with Crippen LogP contribution in [0.1, 0.15) is 17.2 Å². The molecule has 1 atom stereocenters. The summed E-state index contributed by atoms with van der Waals surface area (Å²) < 4.78 is 0. The minimum absolute atomic E-state index is 0.141. The highest BCUT2D eigenvalue weighted by Crippen LogP contribution is 2.19. The lowest BCUT2D eigenvalue weighted by molar-refractivity contribution is -0.120. The molecule has 21 heavy (non-hydrogen) atoms. The van der Waals surface area contributed by atoms with E-state index in [0.29, 0.717) is 11.3 Å².